The van der Waals surface area contributed by atoms with Gasteiger partial charge in [0.15, 0.2) is 9.93 Å². The van der Waals surface area contributed by atoms with Gasteiger partial charge < -0.3 is 4.74 Å². The second-order valence-electron chi connectivity index (χ2n) is 7.06. The molecule has 26 heavy (non-hydrogen) atoms. The number of hydrogen-bond donors (Lipinski definition) is 0. The van der Waals surface area contributed by atoms with Crippen LogP contribution in [0.2, 0.25) is 0 Å². The molecule has 5 heteroatoms. The second kappa shape index (κ2) is 5.25. The summed E-state index contributed by atoms with van der Waals surface area (Å²) in [6.45, 7) is 2.07. The maximum Gasteiger partial charge on any atom is 0.186 e. The highest BCUT2D eigenvalue weighted by molar-refractivity contribution is 7.10. The highest BCUT2D eigenvalue weighted by Gasteiger charge is 2.92. The van der Waals surface area contributed by atoms with E-state index >= 15 is 0 Å². The van der Waals surface area contributed by atoms with Gasteiger partial charge in [0, 0.05) is 11.5 Å². The molecule has 1 aliphatic carbocycles. The van der Waals surface area contributed by atoms with Crippen LogP contribution in [0.1, 0.15) is 28.8 Å². The molecule has 3 atom stereocenters. The Bertz CT molecular complexity index is 986. The molecule has 132 valence electrons. The molecule has 1 nitrogen and oxygen atoms in total. The van der Waals surface area contributed by atoms with E-state index in [1.807, 2.05) is 53.9 Å². The van der Waals surface area contributed by atoms with Gasteiger partial charge in [-0.05, 0) is 35.2 Å². The third-order valence-corrected chi connectivity index (χ3v) is 8.19. The summed E-state index contributed by atoms with van der Waals surface area (Å²) in [4.78, 5) is 1.01. The molecule has 0 amide bonds. The van der Waals surface area contributed by atoms with Crippen LogP contribution in [0.4, 0.5) is 4.39 Å². The summed E-state index contributed by atoms with van der Waals surface area (Å²) >= 11 is 15.5. The molecule has 2 aliphatic rings. The lowest BCUT2D eigenvalue weighted by Gasteiger charge is -2.36. The van der Waals surface area contributed by atoms with Crippen molar-refractivity contribution in [3.63, 3.8) is 0 Å². The predicted octanol–water partition coefficient (Wildman–Crippen LogP) is 6.50. The Morgan fingerprint density at radius 1 is 1.00 bits per heavy atom. The van der Waals surface area contributed by atoms with Crippen LogP contribution in [-0.2, 0) is 5.60 Å². The normalized spacial score (nSPS) is 30.8. The van der Waals surface area contributed by atoms with Crippen LogP contribution in [0, 0.1) is 11.2 Å². The summed E-state index contributed by atoms with van der Waals surface area (Å²) in [7, 11) is 0. The lowest BCUT2D eigenvalue weighted by atomic mass is 9.75. The predicted molar refractivity (Wildman–Crippen MR) is 104 cm³/mol. The molecule has 5 rings (SSSR count). The van der Waals surface area contributed by atoms with Gasteiger partial charge in [0.25, 0.3) is 0 Å². The molecule has 1 fully saturated rings. The molecule has 1 saturated carbocycles. The van der Waals surface area contributed by atoms with Gasteiger partial charge in [-0.2, -0.15) is 0 Å². The summed E-state index contributed by atoms with van der Waals surface area (Å²) in [6, 6.07) is 18.5. The van der Waals surface area contributed by atoms with Crippen molar-refractivity contribution in [2.45, 2.75) is 22.8 Å². The SMILES string of the molecule is CC12C(c3ccc(F)cc3)c3ccccc3OC1(c1cccs1)C2(Cl)Cl. The number of thiophene rings is 1. The van der Waals surface area contributed by atoms with Crippen LogP contribution in [0.5, 0.6) is 5.75 Å². The minimum absolute atomic E-state index is 0.106. The average molecular weight is 405 g/mol. The van der Waals surface area contributed by atoms with Gasteiger partial charge in [0.1, 0.15) is 11.6 Å². The van der Waals surface area contributed by atoms with Crippen molar-refractivity contribution in [2.24, 2.45) is 5.41 Å². The smallest absolute Gasteiger partial charge is 0.186 e. The first-order valence-corrected chi connectivity index (χ1v) is 10.0. The zero-order chi connectivity index (χ0) is 18.2. The first-order valence-electron chi connectivity index (χ1n) is 8.39. The Kier molecular flexibility index (Phi) is 3.35. The summed E-state index contributed by atoms with van der Waals surface area (Å²) < 4.78 is 18.9. The lowest BCUT2D eigenvalue weighted by molar-refractivity contribution is 0.105. The van der Waals surface area contributed by atoms with Gasteiger partial charge in [-0.3, -0.25) is 0 Å². The van der Waals surface area contributed by atoms with Crippen LogP contribution in [0.15, 0.2) is 66.0 Å². The van der Waals surface area contributed by atoms with Crippen molar-refractivity contribution >= 4 is 34.5 Å². The number of hydrogen-bond acceptors (Lipinski definition) is 2. The molecule has 3 unspecified atom stereocenters. The maximum atomic E-state index is 13.5. The Balaban J connectivity index is 1.79. The van der Waals surface area contributed by atoms with Crippen LogP contribution >= 0.6 is 34.5 Å². The average Bonchev–Trinajstić information content (AvgIpc) is 3.02. The van der Waals surface area contributed by atoms with Crippen LogP contribution in [-0.4, -0.2) is 4.33 Å². The second-order valence-corrected chi connectivity index (χ2v) is 9.33. The molecule has 2 aromatic carbocycles. The van der Waals surface area contributed by atoms with E-state index < -0.39 is 15.3 Å². The van der Waals surface area contributed by atoms with Gasteiger partial charge in [-0.1, -0.05) is 66.5 Å². The summed E-state index contributed by atoms with van der Waals surface area (Å²) in [5.41, 5.74) is 0.593. The zero-order valence-electron chi connectivity index (χ0n) is 13.9. The molecular formula is C21H15Cl2FOS. The van der Waals surface area contributed by atoms with Gasteiger partial charge in [0.05, 0.1) is 10.3 Å². The van der Waals surface area contributed by atoms with E-state index in [0.717, 1.165) is 21.8 Å². The fraction of sp³-hybridized carbons (Fsp3) is 0.238. The molecule has 0 bridgehead atoms. The first-order chi connectivity index (χ1) is 12.4. The summed E-state index contributed by atoms with van der Waals surface area (Å²) in [6.07, 6.45) is 0. The van der Waals surface area contributed by atoms with Crippen molar-refractivity contribution < 1.29 is 9.13 Å². The maximum absolute atomic E-state index is 13.5. The quantitative estimate of drug-likeness (QED) is 0.442. The van der Waals surface area contributed by atoms with Gasteiger partial charge >= 0.3 is 0 Å². The van der Waals surface area contributed by atoms with E-state index in [1.54, 1.807) is 11.3 Å². The molecule has 3 aromatic rings. The molecule has 1 aliphatic heterocycles. The zero-order valence-corrected chi connectivity index (χ0v) is 16.2. The highest BCUT2D eigenvalue weighted by atomic mass is 35.5. The number of alkyl halides is 2. The van der Waals surface area contributed by atoms with Crippen molar-refractivity contribution in [1.82, 2.24) is 0 Å². The fourth-order valence-corrected chi connectivity index (χ4v) is 6.78. The van der Waals surface area contributed by atoms with Crippen LogP contribution in [0.25, 0.3) is 0 Å². The third kappa shape index (κ3) is 1.77. The van der Waals surface area contributed by atoms with Crippen LogP contribution in [0.3, 0.4) is 0 Å². The molecule has 0 spiro atoms. The Hall–Kier alpha value is -1.55. The topological polar surface area (TPSA) is 9.23 Å². The Morgan fingerprint density at radius 3 is 2.42 bits per heavy atom. The lowest BCUT2D eigenvalue weighted by Crippen LogP contribution is -2.32. The van der Waals surface area contributed by atoms with E-state index in [0.29, 0.717) is 0 Å². The Morgan fingerprint density at radius 2 is 1.73 bits per heavy atom. The van der Waals surface area contributed by atoms with E-state index in [9.17, 15) is 4.39 Å². The van der Waals surface area contributed by atoms with E-state index in [1.165, 1.54) is 12.1 Å². The van der Waals surface area contributed by atoms with Gasteiger partial charge in [-0.15, -0.1) is 11.3 Å². The highest BCUT2D eigenvalue weighted by Crippen LogP contribution is 2.85. The van der Waals surface area contributed by atoms with Gasteiger partial charge in [-0.25, -0.2) is 4.39 Å². The van der Waals surface area contributed by atoms with Crippen molar-refractivity contribution in [1.29, 1.82) is 0 Å². The molecular weight excluding hydrogens is 390 g/mol. The number of ether oxygens (including phenoxy) is 1. The molecule has 0 radical (unpaired) electrons. The van der Waals surface area contributed by atoms with Crippen molar-refractivity contribution in [3.05, 3.63) is 87.9 Å². The molecule has 0 saturated heterocycles. The van der Waals surface area contributed by atoms with E-state index in [4.69, 9.17) is 27.9 Å². The number of fused-ring (bicyclic) bond motifs is 2. The van der Waals surface area contributed by atoms with E-state index in [2.05, 4.69) is 6.92 Å². The first kappa shape index (κ1) is 16.6. The summed E-state index contributed by atoms with van der Waals surface area (Å²) in [5.74, 6) is 0.406. The number of para-hydroxylation sites is 1. The van der Waals surface area contributed by atoms with Crippen molar-refractivity contribution in [3.8, 4) is 5.75 Å². The number of rotatable bonds is 2. The van der Waals surface area contributed by atoms with E-state index in [-0.39, 0.29) is 11.7 Å². The molecule has 2 heterocycles. The van der Waals surface area contributed by atoms with Crippen molar-refractivity contribution in [2.75, 3.05) is 0 Å². The number of halogens is 3. The monoisotopic (exact) mass is 404 g/mol. The minimum Gasteiger partial charge on any atom is -0.477 e. The number of benzene rings is 2. The molecule has 1 aromatic heterocycles. The Labute approximate surface area is 165 Å². The van der Waals surface area contributed by atoms with Gasteiger partial charge in [0.2, 0.25) is 0 Å². The molecule has 0 N–H and O–H groups in total. The fourth-order valence-electron chi connectivity index (χ4n) is 4.57. The minimum atomic E-state index is -1.11. The van der Waals surface area contributed by atoms with Crippen LogP contribution < -0.4 is 4.74 Å². The summed E-state index contributed by atoms with van der Waals surface area (Å²) in [5, 5.41) is 2.00. The third-order valence-electron chi connectivity index (χ3n) is 5.91. The largest absolute Gasteiger partial charge is 0.477 e. The standard InChI is InChI=1S/C21H15Cl2FOS/c1-19-18(13-8-10-14(24)11-9-13)15-5-2-3-6-16(15)25-20(19,21(19,22)23)17-7-4-12-26-17/h2-12,18H,1H3.